The van der Waals surface area contributed by atoms with Crippen LogP contribution < -0.4 is 5.32 Å². The highest BCUT2D eigenvalue weighted by Crippen LogP contribution is 2.24. The van der Waals surface area contributed by atoms with Crippen molar-refractivity contribution in [2.75, 3.05) is 19.0 Å². The molecule has 4 heteroatoms. The van der Waals surface area contributed by atoms with E-state index in [2.05, 4.69) is 48.4 Å². The molecule has 0 bridgehead atoms. The molecule has 3 nitrogen and oxygen atoms in total. The maximum absolute atomic E-state index is 5.41. The molecule has 1 heterocycles. The Bertz CT molecular complexity index is 509. The molecule has 0 fully saturated rings. The van der Waals surface area contributed by atoms with Gasteiger partial charge in [0, 0.05) is 36.5 Å². The third kappa shape index (κ3) is 4.04. The molecule has 0 spiro atoms. The van der Waals surface area contributed by atoms with E-state index in [-0.39, 0.29) is 5.60 Å². The van der Waals surface area contributed by atoms with Crippen molar-refractivity contribution >= 4 is 17.0 Å². The Balaban J connectivity index is 1.97. The van der Waals surface area contributed by atoms with Crippen molar-refractivity contribution < 1.29 is 4.74 Å². The van der Waals surface area contributed by atoms with Crippen LogP contribution in [-0.4, -0.2) is 24.2 Å². The topological polar surface area (TPSA) is 34.1 Å². The summed E-state index contributed by atoms with van der Waals surface area (Å²) in [5, 5.41) is 6.49. The van der Waals surface area contributed by atoms with Crippen LogP contribution in [0.3, 0.4) is 0 Å². The van der Waals surface area contributed by atoms with Gasteiger partial charge >= 0.3 is 0 Å². The van der Waals surface area contributed by atoms with Gasteiger partial charge in [-0.25, -0.2) is 4.98 Å². The number of thiazole rings is 1. The van der Waals surface area contributed by atoms with E-state index >= 15 is 0 Å². The molecule has 0 saturated carbocycles. The van der Waals surface area contributed by atoms with Gasteiger partial charge in [0.25, 0.3) is 0 Å². The van der Waals surface area contributed by atoms with Gasteiger partial charge in [0.2, 0.25) is 0 Å². The zero-order valence-electron chi connectivity index (χ0n) is 11.6. The molecule has 0 aliphatic heterocycles. The molecular formula is C15H20N2OS. The second-order valence-electron chi connectivity index (χ2n) is 5.06. The Morgan fingerprint density at radius 1 is 1.37 bits per heavy atom. The number of anilines is 1. The Hall–Kier alpha value is -1.39. The third-order valence-electron chi connectivity index (χ3n) is 3.15. The summed E-state index contributed by atoms with van der Waals surface area (Å²) in [4.78, 5) is 4.33. The summed E-state index contributed by atoms with van der Waals surface area (Å²) in [5.41, 5.74) is 2.20. The molecule has 19 heavy (non-hydrogen) atoms. The largest absolute Gasteiger partial charge is 0.385 e. The lowest BCUT2D eigenvalue weighted by molar-refractivity contribution is 0.0185. The maximum Gasteiger partial charge on any atom is 0.123 e. The minimum Gasteiger partial charge on any atom is -0.385 e. The van der Waals surface area contributed by atoms with Crippen molar-refractivity contribution in [1.82, 2.24) is 4.98 Å². The number of hydrogen-bond donors (Lipinski definition) is 1. The number of hydrogen-bond acceptors (Lipinski definition) is 4. The quantitative estimate of drug-likeness (QED) is 0.864. The first-order chi connectivity index (χ1) is 9.11. The number of benzene rings is 1. The molecule has 0 radical (unpaired) electrons. The molecule has 0 aliphatic carbocycles. The SMILES string of the molecule is COC(C)(C)CCNc1cccc(-c2nccs2)c1. The number of methoxy groups -OCH3 is 1. The lowest BCUT2D eigenvalue weighted by Crippen LogP contribution is -2.25. The van der Waals surface area contributed by atoms with Crippen LogP contribution in [0.25, 0.3) is 10.6 Å². The van der Waals surface area contributed by atoms with Crippen LogP contribution in [-0.2, 0) is 4.74 Å². The van der Waals surface area contributed by atoms with Gasteiger partial charge < -0.3 is 10.1 Å². The van der Waals surface area contributed by atoms with Gasteiger partial charge in [-0.1, -0.05) is 12.1 Å². The number of nitrogens with one attached hydrogen (secondary N) is 1. The maximum atomic E-state index is 5.41. The Labute approximate surface area is 118 Å². The summed E-state index contributed by atoms with van der Waals surface area (Å²) < 4.78 is 5.41. The highest BCUT2D eigenvalue weighted by atomic mass is 32.1. The molecule has 0 saturated heterocycles. The van der Waals surface area contributed by atoms with Gasteiger partial charge in [0.15, 0.2) is 0 Å². The highest BCUT2D eigenvalue weighted by molar-refractivity contribution is 7.13. The summed E-state index contributed by atoms with van der Waals surface area (Å²) in [5.74, 6) is 0. The fourth-order valence-electron chi connectivity index (χ4n) is 1.74. The Morgan fingerprint density at radius 3 is 2.89 bits per heavy atom. The molecule has 1 aromatic heterocycles. The Kier molecular flexibility index (Phi) is 4.56. The first-order valence-corrected chi connectivity index (χ1v) is 7.28. The van der Waals surface area contributed by atoms with Crippen molar-refractivity contribution in [3.63, 3.8) is 0 Å². The third-order valence-corrected chi connectivity index (χ3v) is 3.97. The first-order valence-electron chi connectivity index (χ1n) is 6.40. The predicted molar refractivity (Wildman–Crippen MR) is 81.7 cm³/mol. The van der Waals surface area contributed by atoms with Crippen LogP contribution in [0.2, 0.25) is 0 Å². The average molecular weight is 276 g/mol. The minimum atomic E-state index is -0.0834. The van der Waals surface area contributed by atoms with Gasteiger partial charge in [-0.2, -0.15) is 0 Å². The van der Waals surface area contributed by atoms with Gasteiger partial charge in [-0.05, 0) is 32.4 Å². The number of nitrogens with zero attached hydrogens (tertiary/aromatic N) is 1. The van der Waals surface area contributed by atoms with Crippen molar-refractivity contribution in [2.24, 2.45) is 0 Å². The molecule has 1 N–H and O–H groups in total. The second-order valence-corrected chi connectivity index (χ2v) is 5.95. The predicted octanol–water partition coefficient (Wildman–Crippen LogP) is 4.04. The smallest absolute Gasteiger partial charge is 0.123 e. The molecule has 0 atom stereocenters. The normalized spacial score (nSPS) is 11.5. The summed E-state index contributed by atoms with van der Waals surface area (Å²) in [6.07, 6.45) is 2.80. The summed E-state index contributed by atoms with van der Waals surface area (Å²) in [7, 11) is 1.75. The first kappa shape index (κ1) is 14.0. The van der Waals surface area contributed by atoms with Gasteiger partial charge in [-0.3, -0.25) is 0 Å². The van der Waals surface area contributed by atoms with Crippen molar-refractivity contribution in [2.45, 2.75) is 25.9 Å². The minimum absolute atomic E-state index is 0.0834. The highest BCUT2D eigenvalue weighted by Gasteiger charge is 2.15. The van der Waals surface area contributed by atoms with Crippen molar-refractivity contribution in [3.8, 4) is 10.6 Å². The zero-order valence-corrected chi connectivity index (χ0v) is 12.5. The molecule has 2 rings (SSSR count). The van der Waals surface area contributed by atoms with Crippen LogP contribution in [0.1, 0.15) is 20.3 Å². The average Bonchev–Trinajstić information content (AvgIpc) is 2.93. The lowest BCUT2D eigenvalue weighted by Gasteiger charge is -2.23. The molecule has 0 aliphatic rings. The van der Waals surface area contributed by atoms with E-state index in [1.807, 2.05) is 11.6 Å². The van der Waals surface area contributed by atoms with Crippen LogP contribution in [0.15, 0.2) is 35.8 Å². The van der Waals surface area contributed by atoms with E-state index in [4.69, 9.17) is 4.74 Å². The standard InChI is InChI=1S/C15H20N2OS/c1-15(2,18-3)7-8-16-13-6-4-5-12(11-13)14-17-9-10-19-14/h4-6,9-11,16H,7-8H2,1-3H3. The van der Waals surface area contributed by atoms with Crippen LogP contribution >= 0.6 is 11.3 Å². The molecule has 0 amide bonds. The molecule has 2 aromatic rings. The number of aromatic nitrogens is 1. The summed E-state index contributed by atoms with van der Waals surface area (Å²) in [6.45, 7) is 5.09. The Morgan fingerprint density at radius 2 is 2.21 bits per heavy atom. The summed E-state index contributed by atoms with van der Waals surface area (Å²) >= 11 is 1.66. The van der Waals surface area contributed by atoms with E-state index in [0.717, 1.165) is 29.2 Å². The van der Waals surface area contributed by atoms with E-state index in [0.29, 0.717) is 0 Å². The number of rotatable bonds is 6. The van der Waals surface area contributed by atoms with Crippen LogP contribution in [0.4, 0.5) is 5.69 Å². The molecule has 102 valence electrons. The van der Waals surface area contributed by atoms with Gasteiger partial charge in [-0.15, -0.1) is 11.3 Å². The number of ether oxygens (including phenoxy) is 1. The lowest BCUT2D eigenvalue weighted by atomic mass is 10.1. The fourth-order valence-corrected chi connectivity index (χ4v) is 2.37. The van der Waals surface area contributed by atoms with E-state index < -0.39 is 0 Å². The molecular weight excluding hydrogens is 256 g/mol. The van der Waals surface area contributed by atoms with E-state index in [1.165, 1.54) is 0 Å². The van der Waals surface area contributed by atoms with Crippen LogP contribution in [0.5, 0.6) is 0 Å². The van der Waals surface area contributed by atoms with Crippen molar-refractivity contribution in [3.05, 3.63) is 35.8 Å². The monoisotopic (exact) mass is 276 g/mol. The van der Waals surface area contributed by atoms with E-state index in [1.54, 1.807) is 18.4 Å². The van der Waals surface area contributed by atoms with Gasteiger partial charge in [0.05, 0.1) is 5.60 Å². The van der Waals surface area contributed by atoms with Crippen LogP contribution in [0, 0.1) is 0 Å². The molecule has 1 aromatic carbocycles. The van der Waals surface area contributed by atoms with Gasteiger partial charge in [0.1, 0.15) is 5.01 Å². The second kappa shape index (κ2) is 6.17. The zero-order chi connectivity index (χ0) is 13.7. The molecule has 0 unspecified atom stereocenters. The summed E-state index contributed by atoms with van der Waals surface area (Å²) in [6, 6.07) is 8.36. The van der Waals surface area contributed by atoms with E-state index in [9.17, 15) is 0 Å². The van der Waals surface area contributed by atoms with Crippen molar-refractivity contribution in [1.29, 1.82) is 0 Å². The fraction of sp³-hybridized carbons (Fsp3) is 0.400.